The minimum atomic E-state index is -3.99. The number of carboxylic acids is 1. The van der Waals surface area contributed by atoms with Gasteiger partial charge in [0.25, 0.3) is 0 Å². The fourth-order valence-corrected chi connectivity index (χ4v) is 5.60. The van der Waals surface area contributed by atoms with Crippen LogP contribution in [0.5, 0.6) is 5.75 Å². The van der Waals surface area contributed by atoms with Crippen LogP contribution in [0.1, 0.15) is 19.3 Å². The number of aliphatic carboxylic acids is 1. The molecule has 0 unspecified atom stereocenters. The Morgan fingerprint density at radius 3 is 2.75 bits per heavy atom. The van der Waals surface area contributed by atoms with Crippen molar-refractivity contribution in [3.63, 3.8) is 0 Å². The van der Waals surface area contributed by atoms with Crippen molar-refractivity contribution < 1.29 is 37.6 Å². The standard InChI is InChI=1S/C18H25NO8S/c1-25-15-4-2-3-5-17(15)28(23,24)19-9-12(20)10-26-11-16-14(19)7-6-13(27-16)8-18(21)22/h2-5,12-14,16,20H,6-11H2,1H3,(H,21,22)/t12-,13-,14-,16+/m0/s1. The molecule has 2 N–H and O–H groups in total. The predicted octanol–water partition coefficient (Wildman–Crippen LogP) is 0.468. The molecule has 0 aliphatic carbocycles. The van der Waals surface area contributed by atoms with Crippen LogP contribution in [0.25, 0.3) is 0 Å². The Hall–Kier alpha value is -1.72. The lowest BCUT2D eigenvalue weighted by molar-refractivity contribution is -0.155. The third-order valence-electron chi connectivity index (χ3n) is 4.99. The molecule has 4 atom stereocenters. The van der Waals surface area contributed by atoms with Crippen LogP contribution in [0, 0.1) is 0 Å². The number of nitrogens with zero attached hydrogens (tertiary/aromatic N) is 1. The lowest BCUT2D eigenvalue weighted by atomic mass is 9.96. The Labute approximate surface area is 163 Å². The van der Waals surface area contributed by atoms with Crippen LogP contribution < -0.4 is 4.74 Å². The molecular weight excluding hydrogens is 390 g/mol. The van der Waals surface area contributed by atoms with E-state index in [9.17, 15) is 18.3 Å². The van der Waals surface area contributed by atoms with Crippen molar-refractivity contribution in [2.24, 2.45) is 0 Å². The number of β-amino-alcohol motifs (C(OH)–C–C–N with tert-alkyl or cyclic N) is 1. The molecule has 9 nitrogen and oxygen atoms in total. The Bertz CT molecular complexity index is 799. The number of hydrogen-bond donors (Lipinski definition) is 2. The van der Waals surface area contributed by atoms with E-state index in [1.165, 1.54) is 17.5 Å². The average molecular weight is 415 g/mol. The Balaban J connectivity index is 1.93. The lowest BCUT2D eigenvalue weighted by Crippen LogP contribution is -2.57. The topological polar surface area (TPSA) is 123 Å². The first kappa shape index (κ1) is 21.0. The van der Waals surface area contributed by atoms with Crippen LogP contribution in [-0.2, 0) is 24.3 Å². The van der Waals surface area contributed by atoms with Gasteiger partial charge in [-0.25, -0.2) is 8.42 Å². The zero-order valence-corrected chi connectivity index (χ0v) is 16.4. The second-order valence-electron chi connectivity index (χ2n) is 6.96. The maximum absolute atomic E-state index is 13.4. The Kier molecular flexibility index (Phi) is 6.56. The van der Waals surface area contributed by atoms with Crippen LogP contribution in [0.4, 0.5) is 0 Å². The van der Waals surface area contributed by atoms with E-state index < -0.39 is 40.3 Å². The second kappa shape index (κ2) is 8.75. The van der Waals surface area contributed by atoms with Crippen LogP contribution >= 0.6 is 0 Å². The van der Waals surface area contributed by atoms with Crippen LogP contribution in [-0.4, -0.2) is 80.1 Å². The van der Waals surface area contributed by atoms with Gasteiger partial charge in [0.15, 0.2) is 0 Å². The van der Waals surface area contributed by atoms with Crippen molar-refractivity contribution >= 4 is 16.0 Å². The summed E-state index contributed by atoms with van der Waals surface area (Å²) in [4.78, 5) is 11.0. The van der Waals surface area contributed by atoms with E-state index in [-0.39, 0.29) is 36.8 Å². The molecule has 1 aromatic rings. The summed E-state index contributed by atoms with van der Waals surface area (Å²) in [7, 11) is -2.60. The summed E-state index contributed by atoms with van der Waals surface area (Å²) in [6, 6.07) is 5.74. The van der Waals surface area contributed by atoms with E-state index in [4.69, 9.17) is 19.3 Å². The summed E-state index contributed by atoms with van der Waals surface area (Å²) in [6.45, 7) is -0.0988. The number of aliphatic hydroxyl groups excluding tert-OH is 1. The summed E-state index contributed by atoms with van der Waals surface area (Å²) < 4.78 is 44.7. The Morgan fingerprint density at radius 2 is 2.04 bits per heavy atom. The number of rotatable bonds is 5. The molecule has 2 aliphatic rings. The highest BCUT2D eigenvalue weighted by atomic mass is 32.2. The summed E-state index contributed by atoms with van der Waals surface area (Å²) in [5.41, 5.74) is 0. The first-order chi connectivity index (χ1) is 13.3. The molecule has 2 fully saturated rings. The maximum atomic E-state index is 13.4. The highest BCUT2D eigenvalue weighted by Crippen LogP contribution is 2.34. The highest BCUT2D eigenvalue weighted by Gasteiger charge is 2.43. The van der Waals surface area contributed by atoms with Crippen molar-refractivity contribution in [1.82, 2.24) is 4.31 Å². The van der Waals surface area contributed by atoms with Gasteiger partial charge in [0, 0.05) is 6.54 Å². The summed E-state index contributed by atoms with van der Waals surface area (Å²) in [5, 5.41) is 19.2. The molecular formula is C18H25NO8S. The van der Waals surface area contributed by atoms with E-state index in [1.807, 2.05) is 0 Å². The van der Waals surface area contributed by atoms with Gasteiger partial charge in [0.1, 0.15) is 10.6 Å². The lowest BCUT2D eigenvalue weighted by Gasteiger charge is -2.43. The average Bonchev–Trinajstić information content (AvgIpc) is 2.64. The molecule has 2 aliphatic heterocycles. The zero-order chi connectivity index (χ0) is 20.3. The number of methoxy groups -OCH3 is 1. The van der Waals surface area contributed by atoms with Gasteiger partial charge in [-0.15, -0.1) is 0 Å². The van der Waals surface area contributed by atoms with Crippen LogP contribution in [0.15, 0.2) is 29.2 Å². The number of benzene rings is 1. The molecule has 0 aromatic heterocycles. The molecule has 28 heavy (non-hydrogen) atoms. The maximum Gasteiger partial charge on any atom is 0.305 e. The number of sulfonamides is 1. The van der Waals surface area contributed by atoms with Crippen molar-refractivity contribution in [2.75, 3.05) is 26.9 Å². The highest BCUT2D eigenvalue weighted by molar-refractivity contribution is 7.89. The van der Waals surface area contributed by atoms with Gasteiger partial charge in [-0.3, -0.25) is 4.79 Å². The molecule has 1 aromatic carbocycles. The molecule has 2 heterocycles. The molecule has 0 bridgehead atoms. The van der Waals surface area contributed by atoms with E-state index in [0.717, 1.165) is 0 Å². The fourth-order valence-electron chi connectivity index (χ4n) is 3.72. The van der Waals surface area contributed by atoms with Crippen molar-refractivity contribution in [3.8, 4) is 5.75 Å². The number of hydrogen-bond acceptors (Lipinski definition) is 7. The van der Waals surface area contributed by atoms with E-state index >= 15 is 0 Å². The smallest absolute Gasteiger partial charge is 0.305 e. The van der Waals surface area contributed by atoms with Gasteiger partial charge < -0.3 is 24.4 Å². The predicted molar refractivity (Wildman–Crippen MR) is 97.6 cm³/mol. The molecule has 0 amide bonds. The first-order valence-electron chi connectivity index (χ1n) is 9.11. The van der Waals surface area contributed by atoms with E-state index in [2.05, 4.69) is 0 Å². The van der Waals surface area contributed by atoms with Gasteiger partial charge in [0.2, 0.25) is 10.0 Å². The molecule has 3 rings (SSSR count). The molecule has 2 saturated heterocycles. The number of para-hydroxylation sites is 1. The van der Waals surface area contributed by atoms with Gasteiger partial charge in [-0.05, 0) is 25.0 Å². The minimum absolute atomic E-state index is 0.0117. The number of fused-ring (bicyclic) bond motifs is 1. The number of aliphatic hydroxyl groups is 1. The second-order valence-corrected chi connectivity index (χ2v) is 8.81. The number of carboxylic acid groups (broad SMARTS) is 1. The molecule has 0 spiro atoms. The normalized spacial score (nSPS) is 29.4. The zero-order valence-electron chi connectivity index (χ0n) is 15.6. The monoisotopic (exact) mass is 415 g/mol. The van der Waals surface area contributed by atoms with Crippen LogP contribution in [0.2, 0.25) is 0 Å². The third kappa shape index (κ3) is 4.47. The van der Waals surface area contributed by atoms with E-state index in [0.29, 0.717) is 12.8 Å². The number of carbonyl (C=O) groups is 1. The van der Waals surface area contributed by atoms with Crippen molar-refractivity contribution in [2.45, 2.75) is 48.5 Å². The van der Waals surface area contributed by atoms with Gasteiger partial charge in [0.05, 0.1) is 51.1 Å². The summed E-state index contributed by atoms with van der Waals surface area (Å²) >= 11 is 0. The molecule has 0 radical (unpaired) electrons. The molecule has 10 heteroatoms. The number of ether oxygens (including phenoxy) is 3. The minimum Gasteiger partial charge on any atom is -0.495 e. The van der Waals surface area contributed by atoms with Gasteiger partial charge in [-0.1, -0.05) is 12.1 Å². The van der Waals surface area contributed by atoms with Gasteiger partial charge in [-0.2, -0.15) is 4.31 Å². The van der Waals surface area contributed by atoms with Crippen LogP contribution in [0.3, 0.4) is 0 Å². The summed E-state index contributed by atoms with van der Waals surface area (Å²) in [6.07, 6.45) is -1.43. The van der Waals surface area contributed by atoms with Gasteiger partial charge >= 0.3 is 5.97 Å². The third-order valence-corrected chi connectivity index (χ3v) is 6.92. The Morgan fingerprint density at radius 1 is 1.29 bits per heavy atom. The fraction of sp³-hybridized carbons (Fsp3) is 0.611. The largest absolute Gasteiger partial charge is 0.495 e. The van der Waals surface area contributed by atoms with Crippen molar-refractivity contribution in [3.05, 3.63) is 24.3 Å². The SMILES string of the molecule is COc1ccccc1S(=O)(=O)N1C[C@H](O)COC[C@H]2O[C@H](CC(=O)O)CC[C@@H]21. The molecule has 0 saturated carbocycles. The van der Waals surface area contributed by atoms with Crippen molar-refractivity contribution in [1.29, 1.82) is 0 Å². The quantitative estimate of drug-likeness (QED) is 0.712. The summed E-state index contributed by atoms with van der Waals surface area (Å²) in [5.74, 6) is -0.753. The molecule has 156 valence electrons. The first-order valence-corrected chi connectivity index (χ1v) is 10.5. The van der Waals surface area contributed by atoms with E-state index in [1.54, 1.807) is 18.2 Å².